The summed E-state index contributed by atoms with van der Waals surface area (Å²) in [6, 6.07) is 14.4. The number of benzene rings is 2. The second-order valence-electron chi connectivity index (χ2n) is 7.42. The predicted octanol–water partition coefficient (Wildman–Crippen LogP) is 4.23. The number of ether oxygens (including phenoxy) is 2. The van der Waals surface area contributed by atoms with Gasteiger partial charge in [0, 0.05) is 19.5 Å². The van der Waals surface area contributed by atoms with Gasteiger partial charge in [0.15, 0.2) is 6.61 Å². The molecule has 158 valence electrons. The zero-order valence-corrected chi connectivity index (χ0v) is 17.4. The van der Waals surface area contributed by atoms with Crippen LogP contribution in [0.1, 0.15) is 49.9 Å². The number of nitrogens with zero attached hydrogens (tertiary/aromatic N) is 1. The Bertz CT molecular complexity index is 889. The molecule has 0 N–H and O–H groups in total. The normalized spacial score (nSPS) is 16.1. The number of amides is 1. The topological polar surface area (TPSA) is 72.9 Å². The summed E-state index contributed by atoms with van der Waals surface area (Å²) in [7, 11) is 0. The number of piperidine rings is 1. The van der Waals surface area contributed by atoms with E-state index in [4.69, 9.17) is 9.47 Å². The molecule has 1 aliphatic rings. The first-order chi connectivity index (χ1) is 14.5. The number of carbonyl (C=O) groups is 3. The Morgan fingerprint density at radius 3 is 2.20 bits per heavy atom. The fourth-order valence-corrected chi connectivity index (χ4v) is 3.73. The maximum atomic E-state index is 12.5. The summed E-state index contributed by atoms with van der Waals surface area (Å²) in [4.78, 5) is 37.6. The first-order valence-corrected chi connectivity index (χ1v) is 10.3. The van der Waals surface area contributed by atoms with Crippen LogP contribution in [0, 0.1) is 0 Å². The lowest BCUT2D eigenvalue weighted by atomic mass is 10.00. The third-order valence-electron chi connectivity index (χ3n) is 5.32. The van der Waals surface area contributed by atoms with E-state index in [1.54, 1.807) is 24.3 Å². The molecule has 6 heteroatoms. The molecule has 2 aromatic rings. The van der Waals surface area contributed by atoms with Crippen LogP contribution in [0.2, 0.25) is 0 Å². The van der Waals surface area contributed by atoms with E-state index in [0.29, 0.717) is 11.3 Å². The maximum Gasteiger partial charge on any atom is 0.338 e. The van der Waals surface area contributed by atoms with Crippen LogP contribution in [0.15, 0.2) is 48.5 Å². The van der Waals surface area contributed by atoms with Crippen molar-refractivity contribution in [3.05, 3.63) is 54.1 Å². The Balaban J connectivity index is 1.57. The molecule has 3 rings (SSSR count). The second-order valence-corrected chi connectivity index (χ2v) is 7.42. The molecule has 2 aromatic carbocycles. The number of likely N-dealkylation sites (tertiary alicyclic amines) is 1. The molecule has 0 spiro atoms. The Labute approximate surface area is 176 Å². The average Bonchev–Trinajstić information content (AvgIpc) is 2.77. The van der Waals surface area contributed by atoms with Gasteiger partial charge in [0.2, 0.25) is 0 Å². The molecule has 6 nitrogen and oxygen atoms in total. The number of esters is 2. The summed E-state index contributed by atoms with van der Waals surface area (Å²) in [5.41, 5.74) is 2.24. The van der Waals surface area contributed by atoms with Gasteiger partial charge in [-0.15, -0.1) is 0 Å². The first kappa shape index (κ1) is 21.6. The van der Waals surface area contributed by atoms with Crippen molar-refractivity contribution in [1.29, 1.82) is 0 Å². The van der Waals surface area contributed by atoms with Crippen LogP contribution in [-0.4, -0.2) is 41.9 Å². The molecule has 0 unspecified atom stereocenters. The minimum atomic E-state index is -0.509. The van der Waals surface area contributed by atoms with Crippen LogP contribution in [0.3, 0.4) is 0 Å². The number of hydrogen-bond acceptors (Lipinski definition) is 5. The molecular weight excluding hydrogens is 382 g/mol. The molecule has 30 heavy (non-hydrogen) atoms. The second kappa shape index (κ2) is 10.1. The molecule has 1 heterocycles. The third-order valence-corrected chi connectivity index (χ3v) is 5.32. The van der Waals surface area contributed by atoms with E-state index >= 15 is 0 Å². The smallest absolute Gasteiger partial charge is 0.338 e. The van der Waals surface area contributed by atoms with E-state index < -0.39 is 5.97 Å². The lowest BCUT2D eigenvalue weighted by Gasteiger charge is -2.35. The summed E-state index contributed by atoms with van der Waals surface area (Å²) in [5, 5.41) is 0. The molecule has 0 aliphatic carbocycles. The highest BCUT2D eigenvalue weighted by atomic mass is 16.5. The average molecular weight is 409 g/mol. The highest BCUT2D eigenvalue weighted by Gasteiger charge is 2.26. The van der Waals surface area contributed by atoms with E-state index in [2.05, 4.69) is 6.92 Å². The Morgan fingerprint density at radius 2 is 1.60 bits per heavy atom. The van der Waals surface area contributed by atoms with Crippen LogP contribution in [0.4, 0.5) is 0 Å². The minimum Gasteiger partial charge on any atom is -0.452 e. The van der Waals surface area contributed by atoms with E-state index in [0.717, 1.165) is 43.4 Å². The van der Waals surface area contributed by atoms with E-state index in [1.807, 2.05) is 29.2 Å². The van der Waals surface area contributed by atoms with Gasteiger partial charge in [-0.3, -0.25) is 9.59 Å². The van der Waals surface area contributed by atoms with Crippen LogP contribution >= 0.6 is 0 Å². The van der Waals surface area contributed by atoms with Gasteiger partial charge in [0.05, 0.1) is 5.56 Å². The van der Waals surface area contributed by atoms with Gasteiger partial charge in [-0.2, -0.15) is 0 Å². The monoisotopic (exact) mass is 409 g/mol. The SMILES string of the molecule is CC[C@@H]1CCCCN1C(=O)COC(=O)c1ccc(-c2ccc(OC(C)=O)cc2)cc1. The summed E-state index contributed by atoms with van der Waals surface area (Å²) < 4.78 is 10.3. The van der Waals surface area contributed by atoms with Crippen LogP contribution in [0.5, 0.6) is 5.75 Å². The van der Waals surface area contributed by atoms with Crippen molar-refractivity contribution in [2.45, 2.75) is 45.6 Å². The van der Waals surface area contributed by atoms with Crippen molar-refractivity contribution >= 4 is 17.8 Å². The Morgan fingerprint density at radius 1 is 0.967 bits per heavy atom. The van der Waals surface area contributed by atoms with Crippen molar-refractivity contribution in [1.82, 2.24) is 4.90 Å². The van der Waals surface area contributed by atoms with Gasteiger partial charge >= 0.3 is 11.9 Å². The highest BCUT2D eigenvalue weighted by Crippen LogP contribution is 2.23. The lowest BCUT2D eigenvalue weighted by molar-refractivity contribution is -0.138. The summed E-state index contributed by atoms with van der Waals surface area (Å²) in [6.07, 6.45) is 4.07. The molecule has 1 atom stereocenters. The van der Waals surface area contributed by atoms with Gasteiger partial charge in [-0.05, 0) is 61.1 Å². The summed E-state index contributed by atoms with van der Waals surface area (Å²) in [6.45, 7) is 3.94. The zero-order chi connectivity index (χ0) is 21.5. The molecule has 0 radical (unpaired) electrons. The highest BCUT2D eigenvalue weighted by molar-refractivity contribution is 5.92. The van der Waals surface area contributed by atoms with Gasteiger partial charge in [-0.25, -0.2) is 4.79 Å². The molecule has 1 fully saturated rings. The van der Waals surface area contributed by atoms with E-state index in [1.165, 1.54) is 6.92 Å². The Hall–Kier alpha value is -3.15. The molecule has 0 aromatic heterocycles. The molecule has 0 bridgehead atoms. The molecule has 1 amide bonds. The lowest BCUT2D eigenvalue weighted by Crippen LogP contribution is -2.45. The number of rotatable bonds is 6. The number of hydrogen-bond donors (Lipinski definition) is 0. The summed E-state index contributed by atoms with van der Waals surface area (Å²) in [5.74, 6) is -0.519. The van der Waals surface area contributed by atoms with Crippen LogP contribution in [-0.2, 0) is 14.3 Å². The van der Waals surface area contributed by atoms with Crippen molar-refractivity contribution in [3.63, 3.8) is 0 Å². The molecule has 0 saturated carbocycles. The number of carbonyl (C=O) groups excluding carboxylic acids is 3. The van der Waals surface area contributed by atoms with Crippen molar-refractivity contribution < 1.29 is 23.9 Å². The largest absolute Gasteiger partial charge is 0.452 e. The van der Waals surface area contributed by atoms with Gasteiger partial charge in [0.25, 0.3) is 5.91 Å². The Kier molecular flexibility index (Phi) is 7.22. The molecular formula is C24H27NO5. The van der Waals surface area contributed by atoms with Crippen LogP contribution in [0.25, 0.3) is 11.1 Å². The maximum absolute atomic E-state index is 12.5. The van der Waals surface area contributed by atoms with E-state index in [-0.39, 0.29) is 24.5 Å². The van der Waals surface area contributed by atoms with Gasteiger partial charge < -0.3 is 14.4 Å². The molecule has 1 saturated heterocycles. The zero-order valence-electron chi connectivity index (χ0n) is 17.4. The fourth-order valence-electron chi connectivity index (χ4n) is 3.73. The first-order valence-electron chi connectivity index (χ1n) is 10.3. The predicted molar refractivity (Wildman–Crippen MR) is 113 cm³/mol. The van der Waals surface area contributed by atoms with Crippen molar-refractivity contribution in [2.75, 3.05) is 13.2 Å². The minimum absolute atomic E-state index is 0.126. The third kappa shape index (κ3) is 5.47. The van der Waals surface area contributed by atoms with Gasteiger partial charge in [-0.1, -0.05) is 31.2 Å². The fraction of sp³-hybridized carbons (Fsp3) is 0.375. The van der Waals surface area contributed by atoms with E-state index in [9.17, 15) is 14.4 Å². The summed E-state index contributed by atoms with van der Waals surface area (Å²) >= 11 is 0. The molecule has 1 aliphatic heterocycles. The van der Waals surface area contributed by atoms with Crippen molar-refractivity contribution in [2.24, 2.45) is 0 Å². The van der Waals surface area contributed by atoms with Crippen LogP contribution < -0.4 is 4.74 Å². The standard InChI is InChI=1S/C24H27NO5/c1-3-21-6-4-5-15-25(21)23(27)16-29-24(28)20-9-7-18(8-10-20)19-11-13-22(14-12-19)30-17(2)26/h7-14,21H,3-6,15-16H2,1-2H3/t21-/m1/s1. The quantitative estimate of drug-likeness (QED) is 0.527. The van der Waals surface area contributed by atoms with Crippen molar-refractivity contribution in [3.8, 4) is 16.9 Å². The van der Waals surface area contributed by atoms with Gasteiger partial charge in [0.1, 0.15) is 5.75 Å².